The fraction of sp³-hybridized carbons (Fsp3) is 0.292. The summed E-state index contributed by atoms with van der Waals surface area (Å²) in [5.74, 6) is 0.107. The highest BCUT2D eigenvalue weighted by molar-refractivity contribution is 6.44. The zero-order valence-corrected chi connectivity index (χ0v) is 22.4. The molecule has 0 radical (unpaired) electrons. The number of hydrogen-bond donors (Lipinski definition) is 4. The Morgan fingerprint density at radius 1 is 1.22 bits per heavy atom. The molecular weight excluding hydrogens is 547 g/mol. The largest absolute Gasteiger partial charge is 0.490 e. The van der Waals surface area contributed by atoms with Crippen LogP contribution in [0.5, 0.6) is 11.5 Å². The standard InChI is InChI=1S/C24H25Cl3N4O6/c1-4-36-18-8-13(22-20(23(33)35-3)12(2)29-24(34)30-22)5-6-17(18)37-11-19(32)31-28-10-14-7-15(25)9-16(26)21(14)27/h5-10,19,22,31-32H,4,11H2,1-3H3,(H2,29,30,34)/b28-10-/t19-,22-/m0/s1. The van der Waals surface area contributed by atoms with E-state index in [2.05, 4.69) is 21.2 Å². The Hall–Kier alpha value is -3.18. The Morgan fingerprint density at radius 3 is 2.68 bits per heavy atom. The number of methoxy groups -OCH3 is 1. The van der Waals surface area contributed by atoms with E-state index in [9.17, 15) is 14.7 Å². The number of aliphatic hydroxyl groups is 1. The van der Waals surface area contributed by atoms with Crippen LogP contribution < -0.4 is 25.5 Å². The van der Waals surface area contributed by atoms with Crippen molar-refractivity contribution in [3.05, 3.63) is 67.8 Å². The molecule has 1 aliphatic rings. The van der Waals surface area contributed by atoms with E-state index in [1.165, 1.54) is 19.4 Å². The Balaban J connectivity index is 1.72. The van der Waals surface area contributed by atoms with Crippen LogP contribution in [0.3, 0.4) is 0 Å². The summed E-state index contributed by atoms with van der Waals surface area (Å²) < 4.78 is 16.3. The third kappa shape index (κ3) is 7.20. The first-order chi connectivity index (χ1) is 17.6. The van der Waals surface area contributed by atoms with Crippen LogP contribution in [-0.2, 0) is 9.53 Å². The summed E-state index contributed by atoms with van der Waals surface area (Å²) in [4.78, 5) is 24.4. The van der Waals surface area contributed by atoms with Gasteiger partial charge in [-0.3, -0.25) is 5.43 Å². The molecule has 3 rings (SSSR count). The van der Waals surface area contributed by atoms with E-state index < -0.39 is 24.3 Å². The fourth-order valence-electron chi connectivity index (χ4n) is 3.48. The van der Waals surface area contributed by atoms with Crippen LogP contribution in [0.4, 0.5) is 4.79 Å². The van der Waals surface area contributed by atoms with Crippen LogP contribution in [0.1, 0.15) is 31.0 Å². The van der Waals surface area contributed by atoms with Gasteiger partial charge in [-0.2, -0.15) is 5.10 Å². The van der Waals surface area contributed by atoms with Gasteiger partial charge in [-0.1, -0.05) is 40.9 Å². The number of nitrogens with zero attached hydrogens (tertiary/aromatic N) is 1. The molecule has 1 aliphatic heterocycles. The minimum Gasteiger partial charge on any atom is -0.490 e. The molecule has 0 fully saturated rings. The molecule has 0 saturated carbocycles. The maximum Gasteiger partial charge on any atom is 0.337 e. The predicted molar refractivity (Wildman–Crippen MR) is 140 cm³/mol. The molecule has 37 heavy (non-hydrogen) atoms. The quantitative estimate of drug-likeness (QED) is 0.111. The lowest BCUT2D eigenvalue weighted by molar-refractivity contribution is -0.136. The van der Waals surface area contributed by atoms with Gasteiger partial charge < -0.3 is 30.0 Å². The maximum absolute atomic E-state index is 12.4. The van der Waals surface area contributed by atoms with Gasteiger partial charge in [0.2, 0.25) is 0 Å². The molecule has 2 atom stereocenters. The van der Waals surface area contributed by atoms with Crippen molar-refractivity contribution in [2.24, 2.45) is 5.10 Å². The predicted octanol–water partition coefficient (Wildman–Crippen LogP) is 4.17. The van der Waals surface area contributed by atoms with Gasteiger partial charge in [0.05, 0.1) is 41.6 Å². The number of hydrogen-bond acceptors (Lipinski definition) is 8. The minimum absolute atomic E-state index is 0.183. The average molecular weight is 572 g/mol. The lowest BCUT2D eigenvalue weighted by Crippen LogP contribution is -2.45. The number of allylic oxidation sites excluding steroid dienone is 1. The summed E-state index contributed by atoms with van der Waals surface area (Å²) >= 11 is 18.1. The number of halogens is 3. The number of urea groups is 1. The van der Waals surface area contributed by atoms with Crippen molar-refractivity contribution >= 4 is 53.0 Å². The molecule has 13 heteroatoms. The summed E-state index contributed by atoms with van der Waals surface area (Å²) in [6.07, 6.45) is 0.185. The van der Waals surface area contributed by atoms with Gasteiger partial charge in [-0.05, 0) is 43.7 Å². The normalized spacial score (nSPS) is 16.2. The minimum atomic E-state index is -1.18. The Bertz CT molecular complexity index is 1240. The van der Waals surface area contributed by atoms with Crippen LogP contribution in [0.2, 0.25) is 15.1 Å². The summed E-state index contributed by atoms with van der Waals surface area (Å²) in [6, 6.07) is 6.80. The topological polar surface area (TPSA) is 131 Å². The number of rotatable bonds is 10. The van der Waals surface area contributed by atoms with Gasteiger partial charge in [0, 0.05) is 16.3 Å². The van der Waals surface area contributed by atoms with Crippen molar-refractivity contribution in [3.63, 3.8) is 0 Å². The van der Waals surface area contributed by atoms with Crippen molar-refractivity contribution in [3.8, 4) is 11.5 Å². The highest BCUT2D eigenvalue weighted by Gasteiger charge is 2.32. The van der Waals surface area contributed by atoms with Crippen molar-refractivity contribution in [1.82, 2.24) is 16.1 Å². The molecule has 2 amide bonds. The number of nitrogens with one attached hydrogen (secondary N) is 3. The zero-order valence-electron chi connectivity index (χ0n) is 20.1. The summed E-state index contributed by atoms with van der Waals surface area (Å²) in [5.41, 5.74) is 4.21. The highest BCUT2D eigenvalue weighted by Crippen LogP contribution is 2.35. The molecule has 0 bridgehead atoms. The Labute approximate surface area is 228 Å². The van der Waals surface area contributed by atoms with Crippen molar-refractivity contribution in [1.29, 1.82) is 0 Å². The van der Waals surface area contributed by atoms with Gasteiger partial charge in [-0.15, -0.1) is 0 Å². The number of carbonyl (C=O) groups is 2. The van der Waals surface area contributed by atoms with Gasteiger partial charge in [0.1, 0.15) is 6.61 Å². The van der Waals surface area contributed by atoms with Crippen molar-refractivity contribution in [2.75, 3.05) is 20.3 Å². The van der Waals surface area contributed by atoms with Gasteiger partial charge in [0.15, 0.2) is 17.7 Å². The van der Waals surface area contributed by atoms with Crippen LogP contribution in [0.25, 0.3) is 0 Å². The smallest absolute Gasteiger partial charge is 0.337 e. The van der Waals surface area contributed by atoms with E-state index in [0.29, 0.717) is 40.0 Å². The number of aliphatic hydroxyl groups excluding tert-OH is 1. The molecule has 10 nitrogen and oxygen atoms in total. The lowest BCUT2D eigenvalue weighted by Gasteiger charge is -2.28. The van der Waals surface area contributed by atoms with Crippen LogP contribution in [0.15, 0.2) is 46.7 Å². The third-order valence-electron chi connectivity index (χ3n) is 5.12. The van der Waals surface area contributed by atoms with E-state index in [1.54, 1.807) is 38.1 Å². The molecule has 1 heterocycles. The molecule has 0 aromatic heterocycles. The first-order valence-corrected chi connectivity index (χ1v) is 12.1. The molecule has 0 spiro atoms. The number of benzene rings is 2. The van der Waals surface area contributed by atoms with Crippen molar-refractivity contribution < 1.29 is 28.9 Å². The average Bonchev–Trinajstić information content (AvgIpc) is 2.85. The summed E-state index contributed by atoms with van der Waals surface area (Å²) in [6.45, 7) is 3.55. The highest BCUT2D eigenvalue weighted by atomic mass is 35.5. The van der Waals surface area contributed by atoms with Gasteiger partial charge in [-0.25, -0.2) is 9.59 Å². The number of hydrazone groups is 1. The van der Waals surface area contributed by atoms with Gasteiger partial charge in [0.25, 0.3) is 0 Å². The maximum atomic E-state index is 12.4. The molecule has 2 aromatic rings. The Kier molecular flexibility index (Phi) is 9.87. The van der Waals surface area contributed by atoms with Crippen LogP contribution >= 0.6 is 34.8 Å². The molecule has 0 aliphatic carbocycles. The van der Waals surface area contributed by atoms with E-state index in [4.69, 9.17) is 49.0 Å². The SMILES string of the molecule is CCOc1cc([C@@H]2NC(=O)NC(C)=C2C(=O)OC)ccc1OC[C@H](O)N/N=C\c1cc(Cl)cc(Cl)c1Cl. The van der Waals surface area contributed by atoms with E-state index in [0.717, 1.165) is 0 Å². The number of carbonyl (C=O) groups excluding carboxylic acids is 2. The number of ether oxygens (including phenoxy) is 3. The molecule has 0 unspecified atom stereocenters. The first kappa shape index (κ1) is 28.4. The van der Waals surface area contributed by atoms with E-state index in [1.807, 2.05) is 0 Å². The van der Waals surface area contributed by atoms with Crippen LogP contribution in [-0.4, -0.2) is 49.9 Å². The monoisotopic (exact) mass is 570 g/mol. The fourth-order valence-corrected chi connectivity index (χ4v) is 4.15. The Morgan fingerprint density at radius 2 is 1.97 bits per heavy atom. The second-order valence-corrected chi connectivity index (χ2v) is 8.93. The third-order valence-corrected chi connectivity index (χ3v) is 6.16. The molecule has 4 N–H and O–H groups in total. The molecule has 2 aromatic carbocycles. The van der Waals surface area contributed by atoms with E-state index >= 15 is 0 Å². The first-order valence-electron chi connectivity index (χ1n) is 11.0. The van der Waals surface area contributed by atoms with Crippen molar-refractivity contribution in [2.45, 2.75) is 26.1 Å². The zero-order chi connectivity index (χ0) is 27.1. The van der Waals surface area contributed by atoms with Gasteiger partial charge >= 0.3 is 12.0 Å². The number of esters is 1. The van der Waals surface area contributed by atoms with E-state index in [-0.39, 0.29) is 22.2 Å². The molecule has 198 valence electrons. The molecule has 0 saturated heterocycles. The second kappa shape index (κ2) is 12.9. The summed E-state index contributed by atoms with van der Waals surface area (Å²) in [7, 11) is 1.26. The summed E-state index contributed by atoms with van der Waals surface area (Å²) in [5, 5.41) is 20.4. The lowest BCUT2D eigenvalue weighted by atomic mass is 9.95. The molecular formula is C24H25Cl3N4O6. The number of amides is 2. The second-order valence-electron chi connectivity index (χ2n) is 7.71. The van der Waals surface area contributed by atoms with Crippen LogP contribution in [0, 0.1) is 0 Å².